The molecule has 1 aliphatic carbocycles. The number of ether oxygens (including phenoxy) is 2. The Kier molecular flexibility index (Phi) is 3.04. The fraction of sp³-hybridized carbons (Fsp3) is 0.571. The molecule has 3 nitrogen and oxygen atoms in total. The van der Waals surface area contributed by atoms with Gasteiger partial charge in [0.05, 0.1) is 12.7 Å². The second-order valence-electron chi connectivity index (χ2n) is 4.87. The molecule has 2 atom stereocenters. The maximum Gasteiger partial charge on any atom is 0.122 e. The zero-order valence-corrected chi connectivity index (χ0v) is 9.89. The molecule has 0 amide bonds. The Morgan fingerprint density at radius 2 is 2.24 bits per heavy atom. The summed E-state index contributed by atoms with van der Waals surface area (Å²) in [5.41, 5.74) is 2.30. The van der Waals surface area contributed by atoms with Crippen LogP contribution < -0.4 is 4.74 Å². The van der Waals surface area contributed by atoms with Crippen LogP contribution in [-0.4, -0.2) is 24.4 Å². The molecule has 2 aliphatic rings. The fourth-order valence-electron chi connectivity index (χ4n) is 2.64. The molecule has 1 aromatic rings. The van der Waals surface area contributed by atoms with E-state index in [0.29, 0.717) is 6.61 Å². The van der Waals surface area contributed by atoms with Crippen molar-refractivity contribution in [3.63, 3.8) is 0 Å². The van der Waals surface area contributed by atoms with Gasteiger partial charge in [-0.15, -0.1) is 0 Å². The fourth-order valence-corrected chi connectivity index (χ4v) is 2.64. The van der Waals surface area contributed by atoms with Crippen LogP contribution >= 0.6 is 0 Å². The first kappa shape index (κ1) is 11.1. The number of hydrogen-bond acceptors (Lipinski definition) is 3. The van der Waals surface area contributed by atoms with Crippen molar-refractivity contribution >= 4 is 0 Å². The van der Waals surface area contributed by atoms with Gasteiger partial charge in [-0.1, -0.05) is 6.07 Å². The molecule has 92 valence electrons. The highest BCUT2D eigenvalue weighted by atomic mass is 16.5. The van der Waals surface area contributed by atoms with Crippen molar-refractivity contribution in [1.82, 2.24) is 0 Å². The maximum absolute atomic E-state index is 9.73. The summed E-state index contributed by atoms with van der Waals surface area (Å²) in [4.78, 5) is 0. The van der Waals surface area contributed by atoms with E-state index in [1.165, 1.54) is 5.56 Å². The van der Waals surface area contributed by atoms with Gasteiger partial charge in [-0.25, -0.2) is 0 Å². The lowest BCUT2D eigenvalue weighted by Crippen LogP contribution is -2.28. The largest absolute Gasteiger partial charge is 0.488 e. The van der Waals surface area contributed by atoms with Crippen molar-refractivity contribution in [2.75, 3.05) is 13.2 Å². The molecule has 17 heavy (non-hydrogen) atoms. The van der Waals surface area contributed by atoms with Crippen LogP contribution in [0.5, 0.6) is 5.75 Å². The van der Waals surface area contributed by atoms with E-state index < -0.39 is 0 Å². The van der Waals surface area contributed by atoms with Crippen LogP contribution in [0, 0.1) is 0 Å². The number of aliphatic hydroxyl groups is 1. The quantitative estimate of drug-likeness (QED) is 0.852. The van der Waals surface area contributed by atoms with Crippen LogP contribution in [0.15, 0.2) is 18.2 Å². The number of hydrogen-bond donors (Lipinski definition) is 1. The van der Waals surface area contributed by atoms with Gasteiger partial charge in [0.2, 0.25) is 0 Å². The first-order chi connectivity index (χ1) is 8.33. The van der Waals surface area contributed by atoms with Crippen LogP contribution in [0.4, 0.5) is 0 Å². The Labute approximate surface area is 101 Å². The second-order valence-corrected chi connectivity index (χ2v) is 4.87. The van der Waals surface area contributed by atoms with Gasteiger partial charge in [0.25, 0.3) is 0 Å². The molecular formula is C14H18O3. The number of benzene rings is 1. The zero-order chi connectivity index (χ0) is 11.7. The van der Waals surface area contributed by atoms with Crippen molar-refractivity contribution in [3.05, 3.63) is 29.3 Å². The molecule has 3 rings (SSSR count). The van der Waals surface area contributed by atoms with Gasteiger partial charge in [-0.2, -0.15) is 0 Å². The summed E-state index contributed by atoms with van der Waals surface area (Å²) in [6, 6.07) is 6.02. The highest BCUT2D eigenvalue weighted by Gasteiger charge is 2.21. The molecule has 1 fully saturated rings. The van der Waals surface area contributed by atoms with Crippen molar-refractivity contribution in [1.29, 1.82) is 0 Å². The third-order valence-corrected chi connectivity index (χ3v) is 3.58. The summed E-state index contributed by atoms with van der Waals surface area (Å²) >= 11 is 0. The predicted molar refractivity (Wildman–Crippen MR) is 64.2 cm³/mol. The van der Waals surface area contributed by atoms with Crippen LogP contribution in [0.3, 0.4) is 0 Å². The smallest absolute Gasteiger partial charge is 0.122 e. The lowest BCUT2D eigenvalue weighted by molar-refractivity contribution is 0.00740. The molecule has 1 saturated heterocycles. The average Bonchev–Trinajstić information content (AvgIpc) is 2.72. The van der Waals surface area contributed by atoms with Gasteiger partial charge in [0.15, 0.2) is 0 Å². The van der Waals surface area contributed by atoms with Crippen LogP contribution in [0.1, 0.15) is 36.5 Å². The molecule has 1 heterocycles. The van der Waals surface area contributed by atoms with E-state index in [0.717, 1.165) is 43.6 Å². The minimum Gasteiger partial charge on any atom is -0.488 e. The molecule has 1 N–H and O–H groups in total. The minimum absolute atomic E-state index is 0.188. The molecule has 0 aromatic heterocycles. The lowest BCUT2D eigenvalue weighted by atomic mass is 10.1. The minimum atomic E-state index is -0.280. The molecule has 0 radical (unpaired) electrons. The first-order valence-electron chi connectivity index (χ1n) is 6.38. The van der Waals surface area contributed by atoms with Gasteiger partial charge in [0, 0.05) is 6.61 Å². The van der Waals surface area contributed by atoms with Crippen molar-refractivity contribution < 1.29 is 14.6 Å². The second kappa shape index (κ2) is 4.67. The molecule has 0 saturated carbocycles. The SMILES string of the molecule is O[C@@H]1CCc2cc(OC3CCCOC3)ccc21. The first-order valence-corrected chi connectivity index (χ1v) is 6.38. The van der Waals surface area contributed by atoms with Gasteiger partial charge >= 0.3 is 0 Å². The van der Waals surface area contributed by atoms with E-state index in [9.17, 15) is 5.11 Å². The van der Waals surface area contributed by atoms with Gasteiger partial charge in [0.1, 0.15) is 11.9 Å². The molecule has 1 aliphatic heterocycles. The van der Waals surface area contributed by atoms with E-state index in [1.807, 2.05) is 12.1 Å². The Bertz CT molecular complexity index is 396. The van der Waals surface area contributed by atoms with Gasteiger partial charge in [-0.05, 0) is 48.9 Å². The maximum atomic E-state index is 9.73. The van der Waals surface area contributed by atoms with Crippen LogP contribution in [0.25, 0.3) is 0 Å². The van der Waals surface area contributed by atoms with Crippen molar-refractivity contribution in [2.24, 2.45) is 0 Å². The molecule has 0 bridgehead atoms. The third kappa shape index (κ3) is 2.31. The number of rotatable bonds is 2. The highest BCUT2D eigenvalue weighted by Crippen LogP contribution is 2.33. The summed E-state index contributed by atoms with van der Waals surface area (Å²) in [7, 11) is 0. The summed E-state index contributed by atoms with van der Waals surface area (Å²) < 4.78 is 11.3. The van der Waals surface area contributed by atoms with Crippen molar-refractivity contribution in [3.8, 4) is 5.75 Å². The molecule has 1 aromatic carbocycles. The lowest BCUT2D eigenvalue weighted by Gasteiger charge is -2.23. The van der Waals surface area contributed by atoms with Gasteiger partial charge < -0.3 is 14.6 Å². The van der Waals surface area contributed by atoms with Gasteiger partial charge in [-0.3, -0.25) is 0 Å². The molecule has 1 unspecified atom stereocenters. The van der Waals surface area contributed by atoms with Crippen molar-refractivity contribution in [2.45, 2.75) is 37.9 Å². The van der Waals surface area contributed by atoms with E-state index in [2.05, 4.69) is 6.07 Å². The Balaban J connectivity index is 1.71. The van der Waals surface area contributed by atoms with E-state index in [1.54, 1.807) is 0 Å². The number of aryl methyl sites for hydroxylation is 1. The Morgan fingerprint density at radius 1 is 1.29 bits per heavy atom. The number of fused-ring (bicyclic) bond motifs is 1. The van der Waals surface area contributed by atoms with E-state index in [-0.39, 0.29) is 12.2 Å². The molecule has 0 spiro atoms. The summed E-state index contributed by atoms with van der Waals surface area (Å²) in [6.07, 6.45) is 3.85. The Hall–Kier alpha value is -1.06. The summed E-state index contributed by atoms with van der Waals surface area (Å²) in [6.45, 7) is 1.55. The van der Waals surface area contributed by atoms with Crippen LogP contribution in [0.2, 0.25) is 0 Å². The van der Waals surface area contributed by atoms with E-state index in [4.69, 9.17) is 9.47 Å². The van der Waals surface area contributed by atoms with E-state index >= 15 is 0 Å². The molecule has 3 heteroatoms. The summed E-state index contributed by atoms with van der Waals surface area (Å²) in [5.74, 6) is 0.911. The molecular weight excluding hydrogens is 216 g/mol. The monoisotopic (exact) mass is 234 g/mol. The zero-order valence-electron chi connectivity index (χ0n) is 9.89. The number of aliphatic hydroxyl groups excluding tert-OH is 1. The standard InChI is InChI=1S/C14H18O3/c15-14-6-3-10-8-11(4-5-13(10)14)17-12-2-1-7-16-9-12/h4-5,8,12,14-15H,1-3,6-7,9H2/t12?,14-/m1/s1. The third-order valence-electron chi connectivity index (χ3n) is 3.58. The average molecular weight is 234 g/mol. The predicted octanol–water partition coefficient (Wildman–Crippen LogP) is 2.22. The highest BCUT2D eigenvalue weighted by molar-refractivity contribution is 5.39. The normalized spacial score (nSPS) is 27.8. The Morgan fingerprint density at radius 3 is 3.06 bits per heavy atom. The topological polar surface area (TPSA) is 38.7 Å². The summed E-state index contributed by atoms with van der Waals surface area (Å²) in [5, 5.41) is 9.73. The van der Waals surface area contributed by atoms with Crippen LogP contribution in [-0.2, 0) is 11.2 Å².